The Morgan fingerprint density at radius 1 is 1.04 bits per heavy atom. The topological polar surface area (TPSA) is 3.24 Å². The van der Waals surface area contributed by atoms with Crippen LogP contribution in [-0.4, -0.2) is 11.9 Å². The van der Waals surface area contributed by atoms with Crippen molar-refractivity contribution in [2.75, 3.05) is 7.05 Å². The predicted octanol–water partition coefficient (Wildman–Crippen LogP) is 7.06. The molecule has 0 N–H and O–H groups in total. The van der Waals surface area contributed by atoms with Crippen molar-refractivity contribution in [2.45, 2.75) is 13.8 Å². The first-order valence-electron chi connectivity index (χ1n) is 8.05. The molecule has 0 fully saturated rings. The van der Waals surface area contributed by atoms with Crippen LogP contribution in [0.3, 0.4) is 0 Å². The molecule has 130 valence electrons. The molecule has 2 aromatic rings. The Labute approximate surface area is 162 Å². The molecule has 1 aliphatic rings. The number of benzene rings is 2. The lowest BCUT2D eigenvalue weighted by molar-refractivity contribution is 0.585. The number of nitrogens with zero attached hydrogens (tertiary/aromatic N) is 1. The van der Waals surface area contributed by atoms with E-state index in [4.69, 9.17) is 11.6 Å². The smallest absolute Gasteiger partial charge is 0.133 e. The van der Waals surface area contributed by atoms with Crippen molar-refractivity contribution in [1.82, 2.24) is 4.90 Å². The van der Waals surface area contributed by atoms with Gasteiger partial charge in [0.15, 0.2) is 0 Å². The lowest BCUT2D eigenvalue weighted by Crippen LogP contribution is -2.21. The number of hydrogen-bond acceptors (Lipinski definition) is 1. The van der Waals surface area contributed by atoms with E-state index in [2.05, 4.69) is 22.5 Å². The van der Waals surface area contributed by atoms with Gasteiger partial charge in [-0.05, 0) is 39.7 Å². The fraction of sp³-hybridized carbons (Fsp3) is 0.143. The molecule has 0 aromatic heterocycles. The van der Waals surface area contributed by atoms with E-state index in [1.54, 1.807) is 6.07 Å². The third-order valence-electron chi connectivity index (χ3n) is 3.83. The van der Waals surface area contributed by atoms with Gasteiger partial charge in [-0.2, -0.15) is 0 Å². The monoisotopic (exact) mass is 419 g/mol. The van der Waals surface area contributed by atoms with Crippen LogP contribution in [0.4, 0.5) is 4.39 Å². The summed E-state index contributed by atoms with van der Waals surface area (Å²) in [5.74, 6) is -0.297. The molecule has 0 aliphatic carbocycles. The van der Waals surface area contributed by atoms with Crippen molar-refractivity contribution in [3.05, 3.63) is 93.3 Å². The van der Waals surface area contributed by atoms with Gasteiger partial charge in [0.25, 0.3) is 0 Å². The van der Waals surface area contributed by atoms with E-state index in [-0.39, 0.29) is 5.82 Å². The summed E-state index contributed by atoms with van der Waals surface area (Å²) in [7, 11) is 1.84. The molecule has 0 spiro atoms. The molecule has 1 heterocycles. The molecule has 0 amide bonds. The lowest BCUT2D eigenvalue weighted by Gasteiger charge is -2.31. The number of halogens is 3. The summed E-state index contributed by atoms with van der Waals surface area (Å²) in [5, 5.41) is 0.544. The van der Waals surface area contributed by atoms with E-state index >= 15 is 0 Å². The summed E-state index contributed by atoms with van der Waals surface area (Å²) in [6.07, 6.45) is 1.84. The van der Waals surface area contributed by atoms with Crippen molar-refractivity contribution >= 4 is 38.8 Å². The molecule has 0 bridgehead atoms. The van der Waals surface area contributed by atoms with Crippen LogP contribution in [0, 0.1) is 5.82 Å². The number of hydrogen-bond donors (Lipinski definition) is 0. The standard InChI is InChI=1S/C19H14BrClFN.C2H6/c1-12-16(21)11-14(13-7-4-3-5-8-13)19(23(12)2)18-15(20)9-6-10-17(18)22;1-2/h3-11H,1H2,2H3;1-2H3. The number of allylic oxidation sites excluding steroid dienone is 3. The third kappa shape index (κ3) is 3.88. The van der Waals surface area contributed by atoms with Gasteiger partial charge in [-0.3, -0.25) is 0 Å². The maximum atomic E-state index is 14.5. The molecule has 0 saturated carbocycles. The second kappa shape index (κ2) is 8.50. The molecule has 4 heteroatoms. The Kier molecular flexibility index (Phi) is 6.63. The van der Waals surface area contributed by atoms with Crippen molar-refractivity contribution in [3.63, 3.8) is 0 Å². The van der Waals surface area contributed by atoms with E-state index in [9.17, 15) is 4.39 Å². The van der Waals surface area contributed by atoms with Crippen LogP contribution in [0.5, 0.6) is 0 Å². The minimum absolute atomic E-state index is 0.297. The van der Waals surface area contributed by atoms with Gasteiger partial charge in [-0.1, -0.05) is 68.4 Å². The van der Waals surface area contributed by atoms with Gasteiger partial charge in [-0.15, -0.1) is 0 Å². The fourth-order valence-corrected chi connectivity index (χ4v) is 3.38. The average molecular weight is 421 g/mol. The van der Waals surface area contributed by atoms with Crippen LogP contribution >= 0.6 is 27.5 Å². The van der Waals surface area contributed by atoms with Crippen LogP contribution in [0.1, 0.15) is 25.0 Å². The molecule has 25 heavy (non-hydrogen) atoms. The molecule has 2 aromatic carbocycles. The van der Waals surface area contributed by atoms with Crippen LogP contribution in [0.15, 0.2) is 76.4 Å². The second-order valence-electron chi connectivity index (χ2n) is 5.22. The normalized spacial score (nSPS) is 14.1. The SMILES string of the molecule is C=C1C(Cl)=CC(c2ccccc2)=C(c2c(F)cccc2Br)N1C.CC. The fourth-order valence-electron chi connectivity index (χ4n) is 2.62. The summed E-state index contributed by atoms with van der Waals surface area (Å²) in [6.45, 7) is 7.99. The summed E-state index contributed by atoms with van der Waals surface area (Å²) in [4.78, 5) is 1.83. The van der Waals surface area contributed by atoms with Crippen LogP contribution in [0.25, 0.3) is 11.3 Å². The summed E-state index contributed by atoms with van der Waals surface area (Å²) in [5.41, 5.74) is 3.69. The van der Waals surface area contributed by atoms with E-state index in [1.807, 2.05) is 68.3 Å². The molecule has 1 nitrogen and oxygen atoms in total. The van der Waals surface area contributed by atoms with Gasteiger partial charge in [0.05, 0.1) is 16.4 Å². The molecule has 0 atom stereocenters. The highest BCUT2D eigenvalue weighted by atomic mass is 79.9. The maximum absolute atomic E-state index is 14.5. The van der Waals surface area contributed by atoms with E-state index in [0.717, 1.165) is 16.8 Å². The van der Waals surface area contributed by atoms with Gasteiger partial charge in [0.2, 0.25) is 0 Å². The number of likely N-dealkylation sites (N-methyl/N-ethyl adjacent to an activating group) is 1. The molecule has 0 saturated heterocycles. The Morgan fingerprint density at radius 3 is 2.28 bits per heavy atom. The van der Waals surface area contributed by atoms with Crippen molar-refractivity contribution < 1.29 is 4.39 Å². The first-order chi connectivity index (χ1) is 12.0. The van der Waals surface area contributed by atoms with E-state index < -0.39 is 0 Å². The van der Waals surface area contributed by atoms with Crippen LogP contribution in [-0.2, 0) is 0 Å². The van der Waals surface area contributed by atoms with Gasteiger partial charge < -0.3 is 4.90 Å². The van der Waals surface area contributed by atoms with Crippen LogP contribution < -0.4 is 0 Å². The second-order valence-corrected chi connectivity index (χ2v) is 6.48. The zero-order valence-electron chi connectivity index (χ0n) is 14.5. The first kappa shape index (κ1) is 19.5. The number of rotatable bonds is 2. The van der Waals surface area contributed by atoms with E-state index in [0.29, 0.717) is 20.8 Å². The van der Waals surface area contributed by atoms with Gasteiger partial charge >= 0.3 is 0 Å². The predicted molar refractivity (Wildman–Crippen MR) is 110 cm³/mol. The highest BCUT2D eigenvalue weighted by molar-refractivity contribution is 9.10. The largest absolute Gasteiger partial charge is 0.343 e. The summed E-state index contributed by atoms with van der Waals surface area (Å²) in [6, 6.07) is 14.7. The van der Waals surface area contributed by atoms with E-state index in [1.165, 1.54) is 6.07 Å². The minimum atomic E-state index is -0.297. The molecular formula is C21H20BrClFN. The molecule has 0 radical (unpaired) electrons. The molecule has 3 rings (SSSR count). The summed E-state index contributed by atoms with van der Waals surface area (Å²) < 4.78 is 15.2. The molecular weight excluding hydrogens is 401 g/mol. The molecule has 1 aliphatic heterocycles. The highest BCUT2D eigenvalue weighted by Crippen LogP contribution is 2.42. The Hall–Kier alpha value is -1.84. The van der Waals surface area contributed by atoms with Crippen molar-refractivity contribution in [3.8, 4) is 0 Å². The van der Waals surface area contributed by atoms with Gasteiger partial charge in [0, 0.05) is 22.7 Å². The minimum Gasteiger partial charge on any atom is -0.343 e. The lowest BCUT2D eigenvalue weighted by atomic mass is 9.95. The zero-order valence-corrected chi connectivity index (χ0v) is 16.8. The first-order valence-corrected chi connectivity index (χ1v) is 9.22. The zero-order chi connectivity index (χ0) is 18.6. The van der Waals surface area contributed by atoms with Gasteiger partial charge in [0.1, 0.15) is 5.82 Å². The maximum Gasteiger partial charge on any atom is 0.133 e. The van der Waals surface area contributed by atoms with Crippen LogP contribution in [0.2, 0.25) is 0 Å². The Bertz CT molecular complexity index is 820. The average Bonchev–Trinajstić information content (AvgIpc) is 2.63. The Morgan fingerprint density at radius 2 is 1.68 bits per heavy atom. The molecule has 0 unspecified atom stereocenters. The third-order valence-corrected chi connectivity index (χ3v) is 4.81. The quantitative estimate of drug-likeness (QED) is 0.502. The highest BCUT2D eigenvalue weighted by Gasteiger charge is 2.26. The van der Waals surface area contributed by atoms with Crippen molar-refractivity contribution in [2.24, 2.45) is 0 Å². The Balaban J connectivity index is 0.00000109. The van der Waals surface area contributed by atoms with Crippen molar-refractivity contribution in [1.29, 1.82) is 0 Å². The van der Waals surface area contributed by atoms with Gasteiger partial charge in [-0.25, -0.2) is 4.39 Å². The summed E-state index contributed by atoms with van der Waals surface area (Å²) >= 11 is 9.78.